The molecular weight excluding hydrogens is 448 g/mol. The molecule has 0 spiro atoms. The first-order chi connectivity index (χ1) is 16.1. The summed E-state index contributed by atoms with van der Waals surface area (Å²) in [6.07, 6.45) is 2.65. The fourth-order valence-electron chi connectivity index (χ4n) is 4.18. The van der Waals surface area contributed by atoms with Gasteiger partial charge in [-0.2, -0.15) is 9.40 Å². The Morgan fingerprint density at radius 1 is 1.00 bits per heavy atom. The van der Waals surface area contributed by atoms with Crippen molar-refractivity contribution in [1.82, 2.24) is 14.1 Å². The highest BCUT2D eigenvalue weighted by atomic mass is 32.2. The van der Waals surface area contributed by atoms with E-state index in [4.69, 9.17) is 0 Å². The van der Waals surface area contributed by atoms with Crippen molar-refractivity contribution in [2.75, 3.05) is 18.4 Å². The van der Waals surface area contributed by atoms with Crippen molar-refractivity contribution < 1.29 is 13.2 Å². The molecule has 1 aliphatic heterocycles. The van der Waals surface area contributed by atoms with Gasteiger partial charge < -0.3 is 5.32 Å². The van der Waals surface area contributed by atoms with Crippen molar-refractivity contribution in [2.45, 2.75) is 50.5 Å². The number of nitrogens with one attached hydrogen (secondary N) is 1. The van der Waals surface area contributed by atoms with Crippen LogP contribution in [0, 0.1) is 5.92 Å². The molecule has 34 heavy (non-hydrogen) atoms. The number of sulfonamides is 1. The maximum atomic E-state index is 12.9. The van der Waals surface area contributed by atoms with Crippen LogP contribution in [-0.4, -0.2) is 41.5 Å². The molecule has 0 radical (unpaired) electrons. The third kappa shape index (κ3) is 5.39. The van der Waals surface area contributed by atoms with Gasteiger partial charge in [0.1, 0.15) is 5.82 Å². The number of carbonyl (C=O) groups excluding carboxylic acids is 1. The molecule has 8 heteroatoms. The lowest BCUT2D eigenvalue weighted by molar-refractivity contribution is -0.121. The van der Waals surface area contributed by atoms with Crippen molar-refractivity contribution in [3.8, 4) is 0 Å². The van der Waals surface area contributed by atoms with Gasteiger partial charge in [-0.3, -0.25) is 4.79 Å². The summed E-state index contributed by atoms with van der Waals surface area (Å²) in [4.78, 5) is 13.2. The van der Waals surface area contributed by atoms with Gasteiger partial charge in [-0.05, 0) is 41.5 Å². The Labute approximate surface area is 201 Å². The predicted molar refractivity (Wildman–Crippen MR) is 133 cm³/mol. The van der Waals surface area contributed by atoms with E-state index in [9.17, 15) is 13.2 Å². The molecule has 2 heterocycles. The molecule has 0 aliphatic carbocycles. The highest BCUT2D eigenvalue weighted by Crippen LogP contribution is 2.25. The number of aromatic nitrogens is 2. The Morgan fingerprint density at radius 2 is 1.65 bits per heavy atom. The molecule has 180 valence electrons. The molecule has 3 aromatic rings. The van der Waals surface area contributed by atoms with Crippen LogP contribution in [0.15, 0.2) is 71.8 Å². The Bertz CT molecular complexity index is 1220. The summed E-state index contributed by atoms with van der Waals surface area (Å²) in [6, 6.07) is 18.7. The second kappa shape index (κ2) is 9.72. The molecule has 1 amide bonds. The van der Waals surface area contributed by atoms with Gasteiger partial charge in [0.05, 0.1) is 17.6 Å². The second-order valence-corrected chi connectivity index (χ2v) is 11.7. The number of anilines is 1. The fraction of sp³-hybridized carbons (Fsp3) is 0.385. The van der Waals surface area contributed by atoms with E-state index in [1.807, 2.05) is 0 Å². The van der Waals surface area contributed by atoms with Crippen LogP contribution in [0.3, 0.4) is 0 Å². The molecule has 0 bridgehead atoms. The van der Waals surface area contributed by atoms with Gasteiger partial charge in [0, 0.05) is 25.1 Å². The van der Waals surface area contributed by atoms with Crippen LogP contribution >= 0.6 is 0 Å². The standard InChI is InChI=1S/C26H32N4O3S/c1-26(2,3)22-11-9-20(10-12-22)19-30-24(13-16-27-30)28-25(31)21-14-17-29(18-15-21)34(32,33)23-7-5-4-6-8-23/h4-13,16,21H,14-15,17-19H2,1-3H3,(H,28,31). The quantitative estimate of drug-likeness (QED) is 0.571. The van der Waals surface area contributed by atoms with E-state index in [0.717, 1.165) is 5.56 Å². The molecule has 0 atom stereocenters. The first kappa shape index (κ1) is 24.2. The molecule has 0 saturated carbocycles. The highest BCUT2D eigenvalue weighted by molar-refractivity contribution is 7.89. The summed E-state index contributed by atoms with van der Waals surface area (Å²) >= 11 is 0. The molecule has 7 nitrogen and oxygen atoms in total. The number of hydrogen-bond donors (Lipinski definition) is 1. The normalized spacial score (nSPS) is 15.9. The Hall–Kier alpha value is -2.97. The zero-order valence-corrected chi connectivity index (χ0v) is 20.8. The molecule has 1 aliphatic rings. The van der Waals surface area contributed by atoms with Crippen LogP contribution in [-0.2, 0) is 26.8 Å². The fourth-order valence-corrected chi connectivity index (χ4v) is 5.67. The number of rotatable bonds is 6. The Morgan fingerprint density at radius 3 is 2.26 bits per heavy atom. The van der Waals surface area contributed by atoms with E-state index in [1.165, 1.54) is 9.87 Å². The first-order valence-corrected chi connectivity index (χ1v) is 13.1. The average Bonchev–Trinajstić information content (AvgIpc) is 3.25. The van der Waals surface area contributed by atoms with E-state index in [2.05, 4.69) is 55.5 Å². The van der Waals surface area contributed by atoms with Crippen LogP contribution in [0.5, 0.6) is 0 Å². The van der Waals surface area contributed by atoms with Crippen LogP contribution in [0.2, 0.25) is 0 Å². The van der Waals surface area contributed by atoms with E-state index < -0.39 is 10.0 Å². The number of hydrogen-bond acceptors (Lipinski definition) is 4. The Balaban J connectivity index is 1.35. The van der Waals surface area contributed by atoms with Gasteiger partial charge >= 0.3 is 0 Å². The van der Waals surface area contributed by atoms with Gasteiger partial charge in [0.2, 0.25) is 15.9 Å². The number of piperidine rings is 1. The lowest BCUT2D eigenvalue weighted by atomic mass is 9.87. The molecule has 4 rings (SSSR count). The molecular formula is C26H32N4O3S. The van der Waals surface area contributed by atoms with Gasteiger partial charge in [0.15, 0.2) is 0 Å². The smallest absolute Gasteiger partial charge is 0.243 e. The van der Waals surface area contributed by atoms with Gasteiger partial charge in [-0.1, -0.05) is 63.2 Å². The summed E-state index contributed by atoms with van der Waals surface area (Å²) in [6.45, 7) is 7.77. The number of benzene rings is 2. The second-order valence-electron chi connectivity index (χ2n) is 9.80. The van der Waals surface area contributed by atoms with Crippen molar-refractivity contribution >= 4 is 21.7 Å². The van der Waals surface area contributed by atoms with Crippen molar-refractivity contribution in [3.05, 3.63) is 78.0 Å². The van der Waals surface area contributed by atoms with E-state index in [0.29, 0.717) is 38.3 Å². The lowest BCUT2D eigenvalue weighted by Gasteiger charge is -2.30. The molecule has 1 N–H and O–H groups in total. The minimum Gasteiger partial charge on any atom is -0.311 e. The monoisotopic (exact) mass is 480 g/mol. The zero-order valence-electron chi connectivity index (χ0n) is 19.9. The third-order valence-corrected chi connectivity index (χ3v) is 8.24. The Kier molecular flexibility index (Phi) is 6.91. The van der Waals surface area contributed by atoms with Crippen LogP contribution in [0.25, 0.3) is 0 Å². The van der Waals surface area contributed by atoms with Gasteiger partial charge in [-0.15, -0.1) is 0 Å². The lowest BCUT2D eigenvalue weighted by Crippen LogP contribution is -2.41. The van der Waals surface area contributed by atoms with E-state index >= 15 is 0 Å². The van der Waals surface area contributed by atoms with Crippen molar-refractivity contribution in [3.63, 3.8) is 0 Å². The molecule has 1 saturated heterocycles. The molecule has 2 aromatic carbocycles. The molecule has 1 fully saturated rings. The zero-order chi connectivity index (χ0) is 24.3. The van der Waals surface area contributed by atoms with Gasteiger partial charge in [-0.25, -0.2) is 13.1 Å². The van der Waals surface area contributed by atoms with Gasteiger partial charge in [0.25, 0.3) is 0 Å². The molecule has 1 aromatic heterocycles. The summed E-state index contributed by atoms with van der Waals surface area (Å²) in [5, 5.41) is 7.37. The topological polar surface area (TPSA) is 84.3 Å². The van der Waals surface area contributed by atoms with Crippen molar-refractivity contribution in [2.24, 2.45) is 5.92 Å². The van der Waals surface area contributed by atoms with Crippen molar-refractivity contribution in [1.29, 1.82) is 0 Å². The summed E-state index contributed by atoms with van der Waals surface area (Å²) < 4.78 is 28.9. The molecule has 0 unspecified atom stereocenters. The van der Waals surface area contributed by atoms with E-state index in [1.54, 1.807) is 47.3 Å². The van der Waals surface area contributed by atoms with E-state index in [-0.39, 0.29) is 22.1 Å². The maximum absolute atomic E-state index is 12.9. The van der Waals surface area contributed by atoms with Crippen LogP contribution < -0.4 is 5.32 Å². The maximum Gasteiger partial charge on any atom is 0.243 e. The number of nitrogens with zero attached hydrogens (tertiary/aromatic N) is 3. The average molecular weight is 481 g/mol. The SMILES string of the molecule is CC(C)(C)c1ccc(Cn2nccc2NC(=O)C2CCN(S(=O)(=O)c3ccccc3)CC2)cc1. The first-order valence-electron chi connectivity index (χ1n) is 11.6. The summed E-state index contributed by atoms with van der Waals surface area (Å²) in [5.41, 5.74) is 2.47. The minimum absolute atomic E-state index is 0.0958. The van der Waals surface area contributed by atoms with Crippen LogP contribution in [0.4, 0.5) is 5.82 Å². The minimum atomic E-state index is -3.53. The van der Waals surface area contributed by atoms with Crippen LogP contribution in [0.1, 0.15) is 44.7 Å². The third-order valence-electron chi connectivity index (χ3n) is 6.33. The number of amides is 1. The largest absolute Gasteiger partial charge is 0.311 e. The highest BCUT2D eigenvalue weighted by Gasteiger charge is 2.32. The summed E-state index contributed by atoms with van der Waals surface area (Å²) in [7, 11) is -3.53. The number of carbonyl (C=O) groups is 1. The predicted octanol–water partition coefficient (Wildman–Crippen LogP) is 4.27. The summed E-state index contributed by atoms with van der Waals surface area (Å²) in [5.74, 6) is 0.308.